The van der Waals surface area contributed by atoms with E-state index in [1.54, 1.807) is 0 Å². The number of ether oxygens (including phenoxy) is 1. The standard InChI is InChI=1S/C15H33NO/c1-7-10-11-13(16-12-8-2)14(17-9-3)15(4,5)6/h13-14,16H,7-12H2,1-6H3. The Balaban J connectivity index is 4.54. The molecule has 0 aliphatic carbocycles. The van der Waals surface area contributed by atoms with Gasteiger partial charge in [0.1, 0.15) is 0 Å². The summed E-state index contributed by atoms with van der Waals surface area (Å²) in [7, 11) is 0. The summed E-state index contributed by atoms with van der Waals surface area (Å²) < 4.78 is 6.00. The molecule has 0 heterocycles. The lowest BCUT2D eigenvalue weighted by Gasteiger charge is -2.37. The summed E-state index contributed by atoms with van der Waals surface area (Å²) in [5.41, 5.74) is 0.204. The van der Waals surface area contributed by atoms with E-state index >= 15 is 0 Å². The molecule has 0 bridgehead atoms. The van der Waals surface area contributed by atoms with Crippen molar-refractivity contribution in [3.63, 3.8) is 0 Å². The molecule has 2 nitrogen and oxygen atoms in total. The van der Waals surface area contributed by atoms with Crippen molar-refractivity contribution in [3.8, 4) is 0 Å². The highest BCUT2D eigenvalue weighted by atomic mass is 16.5. The van der Waals surface area contributed by atoms with Crippen molar-refractivity contribution in [3.05, 3.63) is 0 Å². The van der Waals surface area contributed by atoms with Gasteiger partial charge in [-0.2, -0.15) is 0 Å². The van der Waals surface area contributed by atoms with Crippen molar-refractivity contribution < 1.29 is 4.74 Å². The third kappa shape index (κ3) is 7.05. The Kier molecular flexibility index (Phi) is 8.89. The first-order valence-corrected chi connectivity index (χ1v) is 7.32. The molecule has 0 fully saturated rings. The minimum Gasteiger partial charge on any atom is -0.376 e. The Morgan fingerprint density at radius 1 is 1.06 bits per heavy atom. The van der Waals surface area contributed by atoms with Crippen LogP contribution in [0.25, 0.3) is 0 Å². The van der Waals surface area contributed by atoms with Crippen molar-refractivity contribution in [2.45, 2.75) is 79.4 Å². The Morgan fingerprint density at radius 2 is 1.71 bits per heavy atom. The van der Waals surface area contributed by atoms with Gasteiger partial charge in [-0.05, 0) is 31.7 Å². The van der Waals surface area contributed by atoms with Crippen LogP contribution in [0, 0.1) is 5.41 Å². The van der Waals surface area contributed by atoms with E-state index in [9.17, 15) is 0 Å². The molecular formula is C15H33NO. The fourth-order valence-corrected chi connectivity index (χ4v) is 2.26. The molecule has 2 atom stereocenters. The minimum atomic E-state index is 0.204. The van der Waals surface area contributed by atoms with Gasteiger partial charge in [-0.1, -0.05) is 47.5 Å². The second-order valence-corrected chi connectivity index (χ2v) is 5.94. The fourth-order valence-electron chi connectivity index (χ4n) is 2.26. The third-order valence-corrected chi connectivity index (χ3v) is 3.09. The molecule has 1 N–H and O–H groups in total. The van der Waals surface area contributed by atoms with Gasteiger partial charge in [-0.3, -0.25) is 0 Å². The topological polar surface area (TPSA) is 21.3 Å². The van der Waals surface area contributed by atoms with E-state index in [4.69, 9.17) is 4.74 Å². The maximum atomic E-state index is 6.00. The number of unbranched alkanes of at least 4 members (excludes halogenated alkanes) is 1. The lowest BCUT2D eigenvalue weighted by atomic mass is 9.82. The van der Waals surface area contributed by atoms with Gasteiger partial charge < -0.3 is 10.1 Å². The van der Waals surface area contributed by atoms with Crippen LogP contribution in [0.5, 0.6) is 0 Å². The normalized spacial score (nSPS) is 15.9. The second-order valence-electron chi connectivity index (χ2n) is 5.94. The van der Waals surface area contributed by atoms with Crippen molar-refractivity contribution in [2.75, 3.05) is 13.2 Å². The molecular weight excluding hydrogens is 210 g/mol. The first-order valence-electron chi connectivity index (χ1n) is 7.32. The highest BCUT2D eigenvalue weighted by molar-refractivity contribution is 4.86. The Labute approximate surface area is 109 Å². The monoisotopic (exact) mass is 243 g/mol. The summed E-state index contributed by atoms with van der Waals surface area (Å²) in [4.78, 5) is 0. The lowest BCUT2D eigenvalue weighted by Crippen LogP contribution is -2.48. The molecule has 0 aromatic heterocycles. The average Bonchev–Trinajstić information content (AvgIpc) is 2.25. The quantitative estimate of drug-likeness (QED) is 0.661. The first kappa shape index (κ1) is 16.9. The maximum absolute atomic E-state index is 6.00. The summed E-state index contributed by atoms with van der Waals surface area (Å²) in [5.74, 6) is 0. The molecule has 2 heteroatoms. The summed E-state index contributed by atoms with van der Waals surface area (Å²) in [5, 5.41) is 3.67. The molecule has 0 aromatic carbocycles. The van der Waals surface area contributed by atoms with Crippen molar-refractivity contribution in [2.24, 2.45) is 5.41 Å². The van der Waals surface area contributed by atoms with Crippen LogP contribution in [0.3, 0.4) is 0 Å². The Bertz CT molecular complexity index is 166. The van der Waals surface area contributed by atoms with Gasteiger partial charge in [0.05, 0.1) is 6.10 Å². The zero-order valence-corrected chi connectivity index (χ0v) is 12.8. The van der Waals surface area contributed by atoms with Crippen molar-refractivity contribution in [1.82, 2.24) is 5.32 Å². The predicted molar refractivity (Wildman–Crippen MR) is 76.5 cm³/mol. The predicted octanol–water partition coefficient (Wildman–Crippen LogP) is 4.00. The zero-order chi connectivity index (χ0) is 13.3. The molecule has 0 spiro atoms. The lowest BCUT2D eigenvalue weighted by molar-refractivity contribution is -0.0377. The van der Waals surface area contributed by atoms with Crippen LogP contribution in [0.15, 0.2) is 0 Å². The van der Waals surface area contributed by atoms with Crippen LogP contribution in [-0.2, 0) is 4.74 Å². The summed E-state index contributed by atoms with van der Waals surface area (Å²) in [6, 6.07) is 0.495. The van der Waals surface area contributed by atoms with Gasteiger partial charge in [-0.25, -0.2) is 0 Å². The van der Waals surface area contributed by atoms with Crippen LogP contribution in [0.1, 0.15) is 67.2 Å². The SMILES string of the molecule is CCCCC(NCCC)C(OCC)C(C)(C)C. The van der Waals surface area contributed by atoms with Gasteiger partial charge >= 0.3 is 0 Å². The average molecular weight is 243 g/mol. The van der Waals surface area contributed by atoms with Crippen LogP contribution in [0.4, 0.5) is 0 Å². The van der Waals surface area contributed by atoms with Crippen LogP contribution in [-0.4, -0.2) is 25.3 Å². The molecule has 0 radical (unpaired) electrons. The molecule has 0 saturated heterocycles. The third-order valence-electron chi connectivity index (χ3n) is 3.09. The smallest absolute Gasteiger partial charge is 0.0775 e. The van der Waals surface area contributed by atoms with E-state index in [-0.39, 0.29) is 5.41 Å². The van der Waals surface area contributed by atoms with E-state index in [1.165, 1.54) is 25.7 Å². The summed E-state index contributed by atoms with van der Waals surface area (Å²) in [6.45, 7) is 15.3. The first-order chi connectivity index (χ1) is 7.97. The van der Waals surface area contributed by atoms with Crippen LogP contribution >= 0.6 is 0 Å². The molecule has 0 aliphatic rings. The fraction of sp³-hybridized carbons (Fsp3) is 1.00. The van der Waals surface area contributed by atoms with Crippen molar-refractivity contribution >= 4 is 0 Å². The van der Waals surface area contributed by atoms with Crippen molar-refractivity contribution in [1.29, 1.82) is 0 Å². The van der Waals surface area contributed by atoms with E-state index in [2.05, 4.69) is 46.9 Å². The van der Waals surface area contributed by atoms with E-state index in [0.29, 0.717) is 12.1 Å². The van der Waals surface area contributed by atoms with Gasteiger partial charge in [0, 0.05) is 12.6 Å². The second kappa shape index (κ2) is 8.93. The van der Waals surface area contributed by atoms with Gasteiger partial charge in [0.15, 0.2) is 0 Å². The molecule has 2 unspecified atom stereocenters. The highest BCUT2D eigenvalue weighted by Gasteiger charge is 2.32. The van der Waals surface area contributed by atoms with E-state index in [0.717, 1.165) is 13.2 Å². The largest absolute Gasteiger partial charge is 0.376 e. The Hall–Kier alpha value is -0.0800. The van der Waals surface area contributed by atoms with Gasteiger partial charge in [0.2, 0.25) is 0 Å². The number of rotatable bonds is 9. The van der Waals surface area contributed by atoms with Gasteiger partial charge in [0.25, 0.3) is 0 Å². The highest BCUT2D eigenvalue weighted by Crippen LogP contribution is 2.27. The van der Waals surface area contributed by atoms with Gasteiger partial charge in [-0.15, -0.1) is 0 Å². The molecule has 17 heavy (non-hydrogen) atoms. The number of hydrogen-bond acceptors (Lipinski definition) is 2. The molecule has 0 amide bonds. The summed E-state index contributed by atoms with van der Waals surface area (Å²) in [6.07, 6.45) is 5.25. The molecule has 0 aromatic rings. The molecule has 0 saturated carbocycles. The number of hydrogen-bond donors (Lipinski definition) is 1. The Morgan fingerprint density at radius 3 is 2.12 bits per heavy atom. The van der Waals surface area contributed by atoms with Crippen LogP contribution < -0.4 is 5.32 Å². The molecule has 0 aliphatic heterocycles. The molecule has 0 rings (SSSR count). The maximum Gasteiger partial charge on any atom is 0.0775 e. The van der Waals surface area contributed by atoms with E-state index in [1.807, 2.05) is 0 Å². The summed E-state index contributed by atoms with van der Waals surface area (Å²) >= 11 is 0. The van der Waals surface area contributed by atoms with E-state index < -0.39 is 0 Å². The number of nitrogens with one attached hydrogen (secondary N) is 1. The van der Waals surface area contributed by atoms with Crippen LogP contribution in [0.2, 0.25) is 0 Å². The zero-order valence-electron chi connectivity index (χ0n) is 12.8. The molecule has 104 valence electrons. The minimum absolute atomic E-state index is 0.204.